The van der Waals surface area contributed by atoms with Gasteiger partial charge in [0.25, 0.3) is 0 Å². The first-order valence-electron chi connectivity index (χ1n) is 8.11. The van der Waals surface area contributed by atoms with E-state index in [2.05, 4.69) is 0 Å². The maximum absolute atomic E-state index is 12.2. The van der Waals surface area contributed by atoms with Crippen molar-refractivity contribution >= 4 is 5.97 Å². The second-order valence-electron chi connectivity index (χ2n) is 5.72. The molecule has 0 spiro atoms. The number of esters is 1. The van der Waals surface area contributed by atoms with Gasteiger partial charge >= 0.3 is 5.97 Å². The molecule has 0 bridgehead atoms. The van der Waals surface area contributed by atoms with Gasteiger partial charge in [-0.25, -0.2) is 4.79 Å². The average Bonchev–Trinajstić information content (AvgIpc) is 2.60. The van der Waals surface area contributed by atoms with E-state index in [0.717, 1.165) is 11.1 Å². The summed E-state index contributed by atoms with van der Waals surface area (Å²) in [5.41, 5.74) is 0.770. The van der Waals surface area contributed by atoms with Crippen molar-refractivity contribution in [2.45, 2.75) is 38.2 Å². The fourth-order valence-electron chi connectivity index (χ4n) is 2.59. The molecule has 0 saturated carbocycles. The van der Waals surface area contributed by atoms with Gasteiger partial charge in [0.2, 0.25) is 0 Å². The van der Waals surface area contributed by atoms with Gasteiger partial charge < -0.3 is 9.84 Å². The molecule has 0 amide bonds. The zero-order valence-electron chi connectivity index (χ0n) is 13.6. The lowest BCUT2D eigenvalue weighted by molar-refractivity contribution is -0.166. The molecule has 0 aliphatic heterocycles. The summed E-state index contributed by atoms with van der Waals surface area (Å²) in [6.07, 6.45) is 2.02. The number of carbonyl (C=O) groups is 1. The number of hydrogen-bond acceptors (Lipinski definition) is 3. The van der Waals surface area contributed by atoms with Crippen LogP contribution >= 0.6 is 0 Å². The lowest BCUT2D eigenvalue weighted by Gasteiger charge is -2.26. The molecule has 0 fully saturated rings. The van der Waals surface area contributed by atoms with Gasteiger partial charge in [0.15, 0.2) is 5.60 Å². The Morgan fingerprint density at radius 1 is 0.913 bits per heavy atom. The first-order chi connectivity index (χ1) is 11.1. The molecule has 0 aliphatic rings. The fraction of sp³-hybridized carbons (Fsp3) is 0.350. The van der Waals surface area contributed by atoms with Gasteiger partial charge in [0, 0.05) is 0 Å². The van der Waals surface area contributed by atoms with E-state index in [-0.39, 0.29) is 6.61 Å². The molecule has 0 radical (unpaired) electrons. The maximum Gasteiger partial charge on any atom is 0.338 e. The van der Waals surface area contributed by atoms with Crippen LogP contribution in [0.4, 0.5) is 0 Å². The summed E-state index contributed by atoms with van der Waals surface area (Å²) < 4.78 is 5.09. The van der Waals surface area contributed by atoms with Crippen LogP contribution in [0.1, 0.15) is 30.9 Å². The van der Waals surface area contributed by atoms with Crippen molar-refractivity contribution in [2.24, 2.45) is 0 Å². The molecule has 122 valence electrons. The van der Waals surface area contributed by atoms with Crippen molar-refractivity contribution < 1.29 is 14.6 Å². The standard InChI is InChI=1S/C20H24O3/c1-2-23-19(21)20(22,15-13-17-9-5-3-6-10-17)16-14-18-11-7-4-8-12-18/h3-12,22H,2,13-16H2,1H3. The van der Waals surface area contributed by atoms with E-state index in [1.54, 1.807) is 6.92 Å². The highest BCUT2D eigenvalue weighted by molar-refractivity contribution is 5.79. The molecule has 23 heavy (non-hydrogen) atoms. The molecule has 0 aromatic heterocycles. The third kappa shape index (κ3) is 5.22. The molecule has 2 aromatic carbocycles. The molecule has 3 nitrogen and oxygen atoms in total. The van der Waals surface area contributed by atoms with Gasteiger partial charge in [-0.05, 0) is 43.7 Å². The molecule has 0 saturated heterocycles. The van der Waals surface area contributed by atoms with Gasteiger partial charge in [0.05, 0.1) is 6.61 Å². The fourth-order valence-corrected chi connectivity index (χ4v) is 2.59. The van der Waals surface area contributed by atoms with Gasteiger partial charge in [-0.15, -0.1) is 0 Å². The van der Waals surface area contributed by atoms with Crippen LogP contribution in [0.2, 0.25) is 0 Å². The Kier molecular flexibility index (Phi) is 6.36. The smallest absolute Gasteiger partial charge is 0.338 e. The lowest BCUT2D eigenvalue weighted by Crippen LogP contribution is -2.41. The molecular formula is C20H24O3. The predicted molar refractivity (Wildman–Crippen MR) is 91.1 cm³/mol. The van der Waals surface area contributed by atoms with Crippen molar-refractivity contribution in [2.75, 3.05) is 6.61 Å². The van der Waals surface area contributed by atoms with Crippen LogP contribution in [0, 0.1) is 0 Å². The minimum absolute atomic E-state index is 0.276. The van der Waals surface area contributed by atoms with Crippen molar-refractivity contribution in [1.82, 2.24) is 0 Å². The highest BCUT2D eigenvalue weighted by Crippen LogP contribution is 2.23. The van der Waals surface area contributed by atoms with E-state index >= 15 is 0 Å². The number of aliphatic hydroxyl groups is 1. The molecule has 0 heterocycles. The van der Waals surface area contributed by atoms with Gasteiger partial charge in [-0.3, -0.25) is 0 Å². The minimum atomic E-state index is -1.44. The van der Waals surface area contributed by atoms with Crippen LogP contribution in [0.25, 0.3) is 0 Å². The second kappa shape index (κ2) is 8.49. The zero-order valence-corrected chi connectivity index (χ0v) is 13.6. The van der Waals surface area contributed by atoms with E-state index in [0.29, 0.717) is 25.7 Å². The molecular weight excluding hydrogens is 288 g/mol. The van der Waals surface area contributed by atoms with Crippen LogP contribution in [0.3, 0.4) is 0 Å². The number of carbonyl (C=O) groups excluding carboxylic acids is 1. The van der Waals surface area contributed by atoms with E-state index in [9.17, 15) is 9.90 Å². The Bertz CT molecular complexity index is 549. The highest BCUT2D eigenvalue weighted by Gasteiger charge is 2.36. The summed E-state index contributed by atoms with van der Waals surface area (Å²) in [5.74, 6) is -0.521. The summed E-state index contributed by atoms with van der Waals surface area (Å²) in [4.78, 5) is 12.2. The molecule has 3 heteroatoms. The maximum atomic E-state index is 12.2. The summed E-state index contributed by atoms with van der Waals surface area (Å²) in [5, 5.41) is 10.9. The summed E-state index contributed by atoms with van der Waals surface area (Å²) in [7, 11) is 0. The molecule has 0 aliphatic carbocycles. The highest BCUT2D eigenvalue weighted by atomic mass is 16.5. The number of ether oxygens (including phenoxy) is 1. The van der Waals surface area contributed by atoms with E-state index in [1.807, 2.05) is 60.7 Å². The molecule has 0 unspecified atom stereocenters. The van der Waals surface area contributed by atoms with Crippen molar-refractivity contribution in [1.29, 1.82) is 0 Å². The molecule has 0 atom stereocenters. The van der Waals surface area contributed by atoms with E-state index in [1.165, 1.54) is 0 Å². The van der Waals surface area contributed by atoms with Crippen molar-refractivity contribution in [3.05, 3.63) is 71.8 Å². The molecule has 2 rings (SSSR count). The molecule has 2 aromatic rings. The summed E-state index contributed by atoms with van der Waals surface area (Å²) >= 11 is 0. The second-order valence-corrected chi connectivity index (χ2v) is 5.72. The normalized spacial score (nSPS) is 11.2. The Morgan fingerprint density at radius 2 is 1.35 bits per heavy atom. The number of aryl methyl sites for hydroxylation is 2. The summed E-state index contributed by atoms with van der Waals surface area (Å²) in [6.45, 7) is 2.03. The quantitative estimate of drug-likeness (QED) is 0.758. The molecule has 1 N–H and O–H groups in total. The van der Waals surface area contributed by atoms with Gasteiger partial charge in [-0.2, -0.15) is 0 Å². The monoisotopic (exact) mass is 312 g/mol. The number of benzene rings is 2. The first-order valence-corrected chi connectivity index (χ1v) is 8.11. The van der Waals surface area contributed by atoms with Crippen LogP contribution in [-0.4, -0.2) is 23.3 Å². The van der Waals surface area contributed by atoms with E-state index < -0.39 is 11.6 Å². The number of hydrogen-bond donors (Lipinski definition) is 1. The Balaban J connectivity index is 2.03. The number of rotatable bonds is 8. The van der Waals surface area contributed by atoms with Crippen LogP contribution in [-0.2, 0) is 22.4 Å². The minimum Gasteiger partial charge on any atom is -0.464 e. The topological polar surface area (TPSA) is 46.5 Å². The Hall–Kier alpha value is -2.13. The average molecular weight is 312 g/mol. The van der Waals surface area contributed by atoms with E-state index in [4.69, 9.17) is 4.74 Å². The SMILES string of the molecule is CCOC(=O)C(O)(CCc1ccccc1)CCc1ccccc1. The van der Waals surface area contributed by atoms with Crippen LogP contribution in [0.15, 0.2) is 60.7 Å². The summed E-state index contributed by atoms with van der Waals surface area (Å²) in [6, 6.07) is 19.8. The van der Waals surface area contributed by atoms with Crippen molar-refractivity contribution in [3.8, 4) is 0 Å². The lowest BCUT2D eigenvalue weighted by atomic mass is 9.89. The van der Waals surface area contributed by atoms with Crippen LogP contribution in [0.5, 0.6) is 0 Å². The van der Waals surface area contributed by atoms with Crippen molar-refractivity contribution in [3.63, 3.8) is 0 Å². The third-order valence-electron chi connectivity index (χ3n) is 4.00. The van der Waals surface area contributed by atoms with Crippen LogP contribution < -0.4 is 0 Å². The van der Waals surface area contributed by atoms with Gasteiger partial charge in [-0.1, -0.05) is 60.7 Å². The Morgan fingerprint density at radius 3 is 1.74 bits per heavy atom. The Labute approximate surface area is 137 Å². The predicted octanol–water partition coefficient (Wildman–Crippen LogP) is 3.55. The largest absolute Gasteiger partial charge is 0.464 e. The zero-order chi connectivity index (χ0) is 16.5. The third-order valence-corrected chi connectivity index (χ3v) is 4.00. The van der Waals surface area contributed by atoms with Gasteiger partial charge in [0.1, 0.15) is 0 Å². The first kappa shape index (κ1) is 17.2.